The van der Waals surface area contributed by atoms with Crippen LogP contribution in [0.4, 0.5) is 23.1 Å². The lowest BCUT2D eigenvalue weighted by molar-refractivity contribution is -0.111. The van der Waals surface area contributed by atoms with E-state index in [0.717, 1.165) is 11.6 Å². The largest absolute Gasteiger partial charge is 0.497 e. The second-order valence-electron chi connectivity index (χ2n) is 7.73. The predicted molar refractivity (Wildman–Crippen MR) is 142 cm³/mol. The number of anilines is 4. The Morgan fingerprint density at radius 2 is 1.89 bits per heavy atom. The summed E-state index contributed by atoms with van der Waals surface area (Å²) in [6.07, 6.45) is 4.36. The van der Waals surface area contributed by atoms with E-state index in [4.69, 9.17) is 26.8 Å². The number of halogens is 1. The molecular formula is C25H24ClN7O4. The van der Waals surface area contributed by atoms with Gasteiger partial charge in [0, 0.05) is 42.8 Å². The fourth-order valence-electron chi connectivity index (χ4n) is 3.58. The molecule has 5 N–H and O–H groups in total. The SMILES string of the molecule is C=CC(=O)Nc1cc(CNc2nc(Nc3cc(OC)cc(OC)c3)c(C(N)=O)c3nccn23)ccc1Cl. The van der Waals surface area contributed by atoms with Crippen molar-refractivity contribution in [1.82, 2.24) is 14.4 Å². The standard InChI is InChI=1S/C25H24ClN7O4/c1-4-20(34)31-19-9-14(5-6-18(19)26)13-29-25-32-23(21(22(27)35)24-28-7-8-33(24)25)30-15-10-16(36-2)12-17(11-15)37-3/h4-12,30H,1,13H2,2-3H3,(H2,27,35)(H,29,32)(H,31,34). The number of benzene rings is 2. The Balaban J connectivity index is 1.70. The van der Waals surface area contributed by atoms with Gasteiger partial charge in [0.25, 0.3) is 5.91 Å². The Kier molecular flexibility index (Phi) is 7.44. The molecule has 0 bridgehead atoms. The van der Waals surface area contributed by atoms with E-state index >= 15 is 0 Å². The molecule has 2 aromatic heterocycles. The molecule has 0 aliphatic heterocycles. The molecule has 0 atom stereocenters. The van der Waals surface area contributed by atoms with Crippen molar-refractivity contribution in [2.24, 2.45) is 5.73 Å². The number of methoxy groups -OCH3 is 2. The summed E-state index contributed by atoms with van der Waals surface area (Å²) in [6.45, 7) is 3.76. The van der Waals surface area contributed by atoms with Gasteiger partial charge in [-0.2, -0.15) is 4.98 Å². The number of nitrogens with two attached hydrogens (primary N) is 1. The lowest BCUT2D eigenvalue weighted by atomic mass is 10.2. The van der Waals surface area contributed by atoms with Gasteiger partial charge in [-0.3, -0.25) is 14.0 Å². The quantitative estimate of drug-likeness (QED) is 0.229. The van der Waals surface area contributed by atoms with Crippen LogP contribution < -0.4 is 31.2 Å². The van der Waals surface area contributed by atoms with Crippen LogP contribution in [0.15, 0.2) is 61.4 Å². The summed E-state index contributed by atoms with van der Waals surface area (Å²) >= 11 is 6.20. The summed E-state index contributed by atoms with van der Waals surface area (Å²) in [5, 5.41) is 9.42. The highest BCUT2D eigenvalue weighted by Crippen LogP contribution is 2.31. The number of rotatable bonds is 10. The van der Waals surface area contributed by atoms with Crippen LogP contribution in [0.5, 0.6) is 11.5 Å². The van der Waals surface area contributed by atoms with E-state index in [-0.39, 0.29) is 17.3 Å². The molecule has 0 unspecified atom stereocenters. The van der Waals surface area contributed by atoms with E-state index in [2.05, 4.69) is 32.5 Å². The van der Waals surface area contributed by atoms with Crippen molar-refractivity contribution < 1.29 is 19.1 Å². The van der Waals surface area contributed by atoms with Gasteiger partial charge in [-0.15, -0.1) is 0 Å². The highest BCUT2D eigenvalue weighted by Gasteiger charge is 2.20. The van der Waals surface area contributed by atoms with Gasteiger partial charge in [0.05, 0.1) is 24.9 Å². The van der Waals surface area contributed by atoms with Crippen molar-refractivity contribution in [2.75, 3.05) is 30.2 Å². The number of hydrogen-bond donors (Lipinski definition) is 4. The van der Waals surface area contributed by atoms with Gasteiger partial charge in [0.15, 0.2) is 11.5 Å². The van der Waals surface area contributed by atoms with E-state index in [0.29, 0.717) is 46.0 Å². The van der Waals surface area contributed by atoms with Gasteiger partial charge in [-0.1, -0.05) is 24.2 Å². The first-order chi connectivity index (χ1) is 17.8. The number of carbonyl (C=O) groups is 2. The molecule has 2 aromatic carbocycles. The molecule has 2 amide bonds. The van der Waals surface area contributed by atoms with Gasteiger partial charge in [0.2, 0.25) is 11.9 Å². The van der Waals surface area contributed by atoms with Crippen LogP contribution in [0.2, 0.25) is 5.02 Å². The monoisotopic (exact) mass is 521 g/mol. The van der Waals surface area contributed by atoms with Crippen LogP contribution in [-0.2, 0) is 11.3 Å². The number of primary amides is 1. The van der Waals surface area contributed by atoms with Crippen molar-refractivity contribution in [3.63, 3.8) is 0 Å². The molecule has 190 valence electrons. The Labute approximate surface area is 217 Å². The zero-order valence-corrected chi connectivity index (χ0v) is 20.8. The fourth-order valence-corrected chi connectivity index (χ4v) is 3.75. The van der Waals surface area contributed by atoms with E-state index in [1.54, 1.807) is 40.9 Å². The first-order valence-corrected chi connectivity index (χ1v) is 11.3. The van der Waals surface area contributed by atoms with E-state index in [1.165, 1.54) is 20.4 Å². The lowest BCUT2D eigenvalue weighted by Gasteiger charge is -2.16. The molecule has 0 radical (unpaired) electrons. The molecule has 0 saturated carbocycles. The third-order valence-electron chi connectivity index (χ3n) is 5.33. The van der Waals surface area contributed by atoms with Crippen molar-refractivity contribution in [3.05, 3.63) is 77.6 Å². The number of amides is 2. The zero-order chi connectivity index (χ0) is 26.5. The maximum Gasteiger partial charge on any atom is 0.256 e. The minimum absolute atomic E-state index is 0.109. The van der Waals surface area contributed by atoms with Crippen molar-refractivity contribution in [1.29, 1.82) is 0 Å². The molecule has 0 aliphatic rings. The second-order valence-corrected chi connectivity index (χ2v) is 8.14. The third kappa shape index (κ3) is 5.57. The van der Waals surface area contributed by atoms with Gasteiger partial charge >= 0.3 is 0 Å². The minimum atomic E-state index is -0.701. The summed E-state index contributed by atoms with van der Waals surface area (Å²) in [6, 6.07) is 10.4. The summed E-state index contributed by atoms with van der Waals surface area (Å²) in [5.41, 5.74) is 7.96. The molecule has 0 fully saturated rings. The van der Waals surface area contributed by atoms with Crippen molar-refractivity contribution in [2.45, 2.75) is 6.54 Å². The minimum Gasteiger partial charge on any atom is -0.497 e. The van der Waals surface area contributed by atoms with Crippen LogP contribution in [0, 0.1) is 0 Å². The number of carbonyl (C=O) groups excluding carboxylic acids is 2. The summed E-state index contributed by atoms with van der Waals surface area (Å²) in [4.78, 5) is 33.1. The Morgan fingerprint density at radius 1 is 1.16 bits per heavy atom. The van der Waals surface area contributed by atoms with E-state index in [1.807, 2.05) is 6.07 Å². The average molecular weight is 522 g/mol. The van der Waals surface area contributed by atoms with Gasteiger partial charge in [-0.25, -0.2) is 4.98 Å². The number of fused-ring (bicyclic) bond motifs is 1. The molecule has 2 heterocycles. The molecule has 4 rings (SSSR count). The highest BCUT2D eigenvalue weighted by atomic mass is 35.5. The topological polar surface area (TPSA) is 145 Å². The number of ether oxygens (including phenoxy) is 2. The maximum atomic E-state index is 12.4. The molecule has 0 spiro atoms. The van der Waals surface area contributed by atoms with Gasteiger partial charge in [0.1, 0.15) is 17.1 Å². The normalized spacial score (nSPS) is 10.6. The Bertz CT molecular complexity index is 1480. The first-order valence-electron chi connectivity index (χ1n) is 11.0. The van der Waals surface area contributed by atoms with Crippen molar-refractivity contribution >= 4 is 52.2 Å². The smallest absolute Gasteiger partial charge is 0.256 e. The summed E-state index contributed by atoms with van der Waals surface area (Å²) in [7, 11) is 3.07. The number of nitrogens with one attached hydrogen (secondary N) is 3. The number of nitrogens with zero attached hydrogens (tertiary/aromatic N) is 3. The van der Waals surface area contributed by atoms with E-state index < -0.39 is 5.91 Å². The molecule has 37 heavy (non-hydrogen) atoms. The number of aromatic nitrogens is 3. The van der Waals surface area contributed by atoms with Gasteiger partial charge < -0.3 is 31.2 Å². The Morgan fingerprint density at radius 3 is 2.54 bits per heavy atom. The molecule has 4 aromatic rings. The van der Waals surface area contributed by atoms with Crippen LogP contribution in [0.25, 0.3) is 5.65 Å². The Hall–Kier alpha value is -4.77. The van der Waals surface area contributed by atoms with Gasteiger partial charge in [-0.05, 0) is 23.8 Å². The highest BCUT2D eigenvalue weighted by molar-refractivity contribution is 6.33. The first kappa shape index (κ1) is 25.3. The maximum absolute atomic E-state index is 12.4. The molecule has 12 heteroatoms. The third-order valence-corrected chi connectivity index (χ3v) is 5.66. The molecule has 0 saturated heterocycles. The predicted octanol–water partition coefficient (Wildman–Crippen LogP) is 3.98. The number of hydrogen-bond acceptors (Lipinski definition) is 8. The van der Waals surface area contributed by atoms with E-state index in [9.17, 15) is 9.59 Å². The molecule has 0 aliphatic carbocycles. The summed E-state index contributed by atoms with van der Waals surface area (Å²) in [5.74, 6) is 0.601. The van der Waals surface area contributed by atoms with Crippen molar-refractivity contribution in [3.8, 4) is 11.5 Å². The van der Waals surface area contributed by atoms with Crippen LogP contribution in [0.1, 0.15) is 15.9 Å². The summed E-state index contributed by atoms with van der Waals surface area (Å²) < 4.78 is 12.3. The molecule has 11 nitrogen and oxygen atoms in total. The fraction of sp³-hybridized carbons (Fsp3) is 0.120. The van der Waals surface area contributed by atoms with Crippen LogP contribution in [0.3, 0.4) is 0 Å². The lowest BCUT2D eigenvalue weighted by Crippen LogP contribution is -2.18. The van der Waals surface area contributed by atoms with Crippen LogP contribution >= 0.6 is 11.6 Å². The molecular weight excluding hydrogens is 498 g/mol. The second kappa shape index (κ2) is 10.9. The van der Waals surface area contributed by atoms with Crippen LogP contribution in [-0.4, -0.2) is 40.4 Å². The zero-order valence-electron chi connectivity index (χ0n) is 20.0. The average Bonchev–Trinajstić information content (AvgIpc) is 3.38. The number of imidazole rings is 1.